The van der Waals surface area contributed by atoms with Gasteiger partial charge in [0.05, 0.1) is 6.54 Å². The van der Waals surface area contributed by atoms with Gasteiger partial charge in [-0.2, -0.15) is 0 Å². The molecule has 144 valence electrons. The molecule has 0 atom stereocenters. The lowest BCUT2D eigenvalue weighted by Gasteiger charge is -2.35. The molecule has 0 saturated carbocycles. The highest BCUT2D eigenvalue weighted by Gasteiger charge is 2.21. The van der Waals surface area contributed by atoms with Gasteiger partial charge in [0.1, 0.15) is 0 Å². The minimum Gasteiger partial charge on any atom is -0.357 e. The maximum absolute atomic E-state index is 11.8. The number of carbonyl (C=O) groups excluding carboxylic acids is 1. The smallest absolute Gasteiger partial charge is 0.251 e. The van der Waals surface area contributed by atoms with E-state index in [2.05, 4.69) is 41.6 Å². The van der Waals surface area contributed by atoms with E-state index in [4.69, 9.17) is 4.99 Å². The number of likely N-dealkylation sites (tertiary alicyclic amines) is 1. The first-order valence-corrected chi connectivity index (χ1v) is 9.63. The van der Waals surface area contributed by atoms with Crippen LogP contribution in [-0.4, -0.2) is 55.5 Å². The standard InChI is InChI=1S/C20H33N5O/c1-5-22-20(24-18-9-11-25(12-10-18)15(2)3)23-14-16-7-6-8-17(13-16)19(26)21-4/h6-8,13,15,18H,5,9-12,14H2,1-4H3,(H,21,26)(H2,22,23,24). The lowest BCUT2D eigenvalue weighted by Crippen LogP contribution is -2.49. The fraction of sp³-hybridized carbons (Fsp3) is 0.600. The van der Waals surface area contributed by atoms with Gasteiger partial charge in [0, 0.05) is 44.3 Å². The Bertz CT molecular complexity index is 606. The van der Waals surface area contributed by atoms with Crippen LogP contribution in [-0.2, 0) is 6.54 Å². The summed E-state index contributed by atoms with van der Waals surface area (Å²) in [5, 5.41) is 9.55. The Kier molecular flexibility index (Phi) is 7.91. The normalized spacial score (nSPS) is 16.6. The number of nitrogens with zero attached hydrogens (tertiary/aromatic N) is 2. The van der Waals surface area contributed by atoms with Gasteiger partial charge in [-0.1, -0.05) is 12.1 Å². The molecule has 3 N–H and O–H groups in total. The van der Waals surface area contributed by atoms with Gasteiger partial charge in [-0.05, 0) is 51.3 Å². The van der Waals surface area contributed by atoms with Gasteiger partial charge in [-0.3, -0.25) is 4.79 Å². The van der Waals surface area contributed by atoms with Crippen molar-refractivity contribution in [2.45, 2.75) is 52.2 Å². The second-order valence-electron chi connectivity index (χ2n) is 7.02. The third kappa shape index (κ3) is 6.02. The Balaban J connectivity index is 1.95. The van der Waals surface area contributed by atoms with E-state index >= 15 is 0 Å². The molecule has 1 fully saturated rings. The minimum atomic E-state index is -0.0715. The van der Waals surface area contributed by atoms with Crippen molar-refractivity contribution < 1.29 is 4.79 Å². The van der Waals surface area contributed by atoms with Crippen LogP contribution in [0.5, 0.6) is 0 Å². The molecule has 0 unspecified atom stereocenters. The molecule has 6 nitrogen and oxygen atoms in total. The average Bonchev–Trinajstić information content (AvgIpc) is 2.66. The fourth-order valence-electron chi connectivity index (χ4n) is 3.20. The molecule has 2 rings (SSSR count). The molecule has 1 amide bonds. The quantitative estimate of drug-likeness (QED) is 0.537. The highest BCUT2D eigenvalue weighted by atomic mass is 16.1. The Morgan fingerprint density at radius 2 is 2.04 bits per heavy atom. The molecule has 0 spiro atoms. The molecule has 1 aliphatic heterocycles. The number of benzene rings is 1. The van der Waals surface area contributed by atoms with E-state index in [0.29, 0.717) is 24.2 Å². The van der Waals surface area contributed by atoms with Crippen molar-refractivity contribution in [2.75, 3.05) is 26.7 Å². The van der Waals surface area contributed by atoms with Crippen molar-refractivity contribution in [1.29, 1.82) is 0 Å². The minimum absolute atomic E-state index is 0.0715. The first-order chi connectivity index (χ1) is 12.5. The van der Waals surface area contributed by atoms with E-state index < -0.39 is 0 Å². The van der Waals surface area contributed by atoms with Crippen LogP contribution in [0.4, 0.5) is 0 Å². The number of hydrogen-bond acceptors (Lipinski definition) is 3. The third-order valence-electron chi connectivity index (χ3n) is 4.78. The van der Waals surface area contributed by atoms with Crippen LogP contribution in [0, 0.1) is 0 Å². The van der Waals surface area contributed by atoms with Crippen LogP contribution in [0.1, 0.15) is 49.5 Å². The van der Waals surface area contributed by atoms with Gasteiger partial charge in [0.15, 0.2) is 5.96 Å². The molecule has 1 aromatic carbocycles. The van der Waals surface area contributed by atoms with Crippen molar-refractivity contribution in [1.82, 2.24) is 20.9 Å². The summed E-state index contributed by atoms with van der Waals surface area (Å²) in [6, 6.07) is 8.69. The molecule has 1 heterocycles. The third-order valence-corrected chi connectivity index (χ3v) is 4.78. The summed E-state index contributed by atoms with van der Waals surface area (Å²) in [5.74, 6) is 0.776. The number of piperidine rings is 1. The number of aliphatic imine (C=N–C) groups is 1. The summed E-state index contributed by atoms with van der Waals surface area (Å²) >= 11 is 0. The van der Waals surface area contributed by atoms with Gasteiger partial charge in [0.25, 0.3) is 5.91 Å². The summed E-state index contributed by atoms with van der Waals surface area (Å²) < 4.78 is 0. The molecular weight excluding hydrogens is 326 g/mol. The average molecular weight is 360 g/mol. The summed E-state index contributed by atoms with van der Waals surface area (Å²) in [4.78, 5) is 19.0. The highest BCUT2D eigenvalue weighted by molar-refractivity contribution is 5.94. The lowest BCUT2D eigenvalue weighted by atomic mass is 10.0. The number of hydrogen-bond donors (Lipinski definition) is 3. The summed E-state index contributed by atoms with van der Waals surface area (Å²) in [7, 11) is 1.64. The molecular formula is C20H33N5O. The monoisotopic (exact) mass is 359 g/mol. The first kappa shape index (κ1) is 20.2. The van der Waals surface area contributed by atoms with Crippen molar-refractivity contribution in [3.8, 4) is 0 Å². The number of rotatable bonds is 6. The van der Waals surface area contributed by atoms with Crippen LogP contribution in [0.25, 0.3) is 0 Å². The predicted molar refractivity (Wildman–Crippen MR) is 108 cm³/mol. The number of nitrogens with one attached hydrogen (secondary N) is 3. The number of carbonyl (C=O) groups is 1. The molecule has 0 radical (unpaired) electrons. The Labute approximate surface area is 157 Å². The molecule has 0 aliphatic carbocycles. The zero-order valence-electron chi connectivity index (χ0n) is 16.5. The Hall–Kier alpha value is -2.08. The van der Waals surface area contributed by atoms with Crippen molar-refractivity contribution >= 4 is 11.9 Å². The van der Waals surface area contributed by atoms with Crippen LogP contribution in [0.2, 0.25) is 0 Å². The zero-order chi connectivity index (χ0) is 18.9. The van der Waals surface area contributed by atoms with Crippen LogP contribution in [0.3, 0.4) is 0 Å². The van der Waals surface area contributed by atoms with E-state index in [1.165, 1.54) is 0 Å². The second-order valence-corrected chi connectivity index (χ2v) is 7.02. The van der Waals surface area contributed by atoms with Crippen molar-refractivity contribution in [3.63, 3.8) is 0 Å². The molecule has 0 bridgehead atoms. The van der Waals surface area contributed by atoms with Gasteiger partial charge in [-0.15, -0.1) is 0 Å². The fourth-order valence-corrected chi connectivity index (χ4v) is 3.20. The van der Waals surface area contributed by atoms with Gasteiger partial charge in [-0.25, -0.2) is 4.99 Å². The van der Waals surface area contributed by atoms with Crippen LogP contribution in [0.15, 0.2) is 29.3 Å². The van der Waals surface area contributed by atoms with Crippen molar-refractivity contribution in [2.24, 2.45) is 4.99 Å². The molecule has 1 aromatic rings. The molecule has 26 heavy (non-hydrogen) atoms. The zero-order valence-corrected chi connectivity index (χ0v) is 16.5. The van der Waals surface area contributed by atoms with Gasteiger partial charge < -0.3 is 20.9 Å². The van der Waals surface area contributed by atoms with E-state index in [-0.39, 0.29) is 5.91 Å². The van der Waals surface area contributed by atoms with E-state index in [9.17, 15) is 4.79 Å². The molecule has 0 aromatic heterocycles. The second kappa shape index (κ2) is 10.2. The SMILES string of the molecule is CCNC(=NCc1cccc(C(=O)NC)c1)NC1CCN(C(C)C)CC1. The Morgan fingerprint density at radius 3 is 2.65 bits per heavy atom. The molecule has 1 saturated heterocycles. The van der Waals surface area contributed by atoms with E-state index in [0.717, 1.165) is 44.0 Å². The van der Waals surface area contributed by atoms with Crippen LogP contribution >= 0.6 is 0 Å². The highest BCUT2D eigenvalue weighted by Crippen LogP contribution is 2.13. The molecule has 6 heteroatoms. The summed E-state index contributed by atoms with van der Waals surface area (Å²) in [5.41, 5.74) is 1.69. The number of guanidine groups is 1. The maximum atomic E-state index is 11.8. The first-order valence-electron chi connectivity index (χ1n) is 9.63. The van der Waals surface area contributed by atoms with Crippen LogP contribution < -0.4 is 16.0 Å². The van der Waals surface area contributed by atoms with Crippen molar-refractivity contribution in [3.05, 3.63) is 35.4 Å². The van der Waals surface area contributed by atoms with E-state index in [1.807, 2.05) is 24.3 Å². The van der Waals surface area contributed by atoms with Gasteiger partial charge in [0.2, 0.25) is 0 Å². The Morgan fingerprint density at radius 1 is 1.31 bits per heavy atom. The van der Waals surface area contributed by atoms with E-state index in [1.54, 1.807) is 7.05 Å². The molecule has 1 aliphatic rings. The largest absolute Gasteiger partial charge is 0.357 e. The van der Waals surface area contributed by atoms with Gasteiger partial charge >= 0.3 is 0 Å². The lowest BCUT2D eigenvalue weighted by molar-refractivity contribution is 0.0963. The maximum Gasteiger partial charge on any atom is 0.251 e. The summed E-state index contributed by atoms with van der Waals surface area (Å²) in [6.45, 7) is 10.2. The summed E-state index contributed by atoms with van der Waals surface area (Å²) in [6.07, 6.45) is 2.27. The number of amides is 1. The predicted octanol–water partition coefficient (Wildman–Crippen LogP) is 1.97. The topological polar surface area (TPSA) is 68.8 Å².